The van der Waals surface area contributed by atoms with Crippen molar-refractivity contribution in [2.45, 2.75) is 0 Å². The predicted octanol–water partition coefficient (Wildman–Crippen LogP) is 4.57. The van der Waals surface area contributed by atoms with Crippen LogP contribution in [-0.4, -0.2) is 9.55 Å². The summed E-state index contributed by atoms with van der Waals surface area (Å²) in [7, 11) is 0. The molecular formula is C13H7F2IN2S. The summed E-state index contributed by atoms with van der Waals surface area (Å²) in [5.74, 6) is -1.76. The van der Waals surface area contributed by atoms with Gasteiger partial charge in [-0.25, -0.2) is 8.78 Å². The van der Waals surface area contributed by atoms with Crippen LogP contribution < -0.4 is 0 Å². The van der Waals surface area contributed by atoms with E-state index in [-0.39, 0.29) is 0 Å². The summed E-state index contributed by atoms with van der Waals surface area (Å²) in [6.45, 7) is 0. The van der Waals surface area contributed by atoms with Gasteiger partial charge in [0.15, 0.2) is 16.4 Å². The third-order valence-corrected chi connectivity index (χ3v) is 3.76. The lowest BCUT2D eigenvalue weighted by atomic mass is 10.2. The fourth-order valence-corrected chi connectivity index (χ4v) is 2.77. The molecule has 0 atom stereocenters. The van der Waals surface area contributed by atoms with Gasteiger partial charge in [0.05, 0.1) is 16.7 Å². The molecular weight excluding hydrogens is 381 g/mol. The Labute approximate surface area is 126 Å². The summed E-state index contributed by atoms with van der Waals surface area (Å²) in [6.07, 6.45) is 0. The molecule has 2 nitrogen and oxygen atoms in total. The largest absolute Gasteiger partial charge is 0.330 e. The fourth-order valence-electron chi connectivity index (χ4n) is 1.96. The Kier molecular flexibility index (Phi) is 3.14. The van der Waals surface area contributed by atoms with Gasteiger partial charge in [-0.2, -0.15) is 0 Å². The number of hydrogen-bond acceptors (Lipinski definition) is 1. The highest BCUT2D eigenvalue weighted by Gasteiger charge is 2.09. The number of rotatable bonds is 1. The third kappa shape index (κ3) is 2.18. The Bertz CT molecular complexity index is 838. The number of aromatic nitrogens is 2. The van der Waals surface area contributed by atoms with Gasteiger partial charge < -0.3 is 4.98 Å². The minimum Gasteiger partial charge on any atom is -0.330 e. The maximum Gasteiger partial charge on any atom is 0.182 e. The predicted molar refractivity (Wildman–Crippen MR) is 81.1 cm³/mol. The zero-order valence-electron chi connectivity index (χ0n) is 9.45. The van der Waals surface area contributed by atoms with E-state index >= 15 is 0 Å². The molecule has 0 spiro atoms. The summed E-state index contributed by atoms with van der Waals surface area (Å²) in [6, 6.07) is 9.50. The van der Waals surface area contributed by atoms with E-state index in [0.717, 1.165) is 26.7 Å². The molecule has 19 heavy (non-hydrogen) atoms. The monoisotopic (exact) mass is 388 g/mol. The van der Waals surface area contributed by atoms with Crippen LogP contribution in [0.25, 0.3) is 16.7 Å². The number of H-pyrrole nitrogens is 1. The van der Waals surface area contributed by atoms with Crippen LogP contribution in [0.2, 0.25) is 0 Å². The molecule has 3 aromatic rings. The Balaban J connectivity index is 2.32. The standard InChI is InChI=1S/C13H7F2IN2S/c14-9-3-2-8(6-10(9)15)18-12-4-1-7(16)5-11(12)17-13(18)19/h1-6H,(H,17,19). The molecule has 0 fully saturated rings. The minimum atomic E-state index is -0.890. The summed E-state index contributed by atoms with van der Waals surface area (Å²) in [5, 5.41) is 0. The van der Waals surface area contributed by atoms with E-state index < -0.39 is 11.6 Å². The topological polar surface area (TPSA) is 20.7 Å². The lowest BCUT2D eigenvalue weighted by Gasteiger charge is -2.05. The van der Waals surface area contributed by atoms with E-state index in [9.17, 15) is 8.78 Å². The second-order valence-electron chi connectivity index (χ2n) is 4.03. The van der Waals surface area contributed by atoms with Crippen LogP contribution in [-0.2, 0) is 0 Å². The lowest BCUT2D eigenvalue weighted by Crippen LogP contribution is -1.96. The van der Waals surface area contributed by atoms with Crippen molar-refractivity contribution in [2.24, 2.45) is 0 Å². The maximum absolute atomic E-state index is 13.3. The van der Waals surface area contributed by atoms with E-state index in [0.29, 0.717) is 10.5 Å². The van der Waals surface area contributed by atoms with Crippen molar-refractivity contribution in [3.05, 3.63) is 56.4 Å². The summed E-state index contributed by atoms with van der Waals surface area (Å²) >= 11 is 7.44. The molecule has 0 aliphatic rings. The molecule has 1 aromatic heterocycles. The average molecular weight is 388 g/mol. The maximum atomic E-state index is 13.3. The Morgan fingerprint density at radius 1 is 1.05 bits per heavy atom. The molecule has 6 heteroatoms. The Morgan fingerprint density at radius 3 is 2.58 bits per heavy atom. The van der Waals surface area contributed by atoms with Crippen molar-refractivity contribution < 1.29 is 8.78 Å². The van der Waals surface area contributed by atoms with Gasteiger partial charge >= 0.3 is 0 Å². The zero-order chi connectivity index (χ0) is 13.6. The van der Waals surface area contributed by atoms with Gasteiger partial charge in [0, 0.05) is 9.64 Å². The molecule has 0 saturated carbocycles. The van der Waals surface area contributed by atoms with Gasteiger partial charge in [-0.3, -0.25) is 4.57 Å². The molecule has 0 radical (unpaired) electrons. The van der Waals surface area contributed by atoms with Crippen molar-refractivity contribution in [1.82, 2.24) is 9.55 Å². The quantitative estimate of drug-likeness (QED) is 0.479. The van der Waals surface area contributed by atoms with Gasteiger partial charge in [-0.1, -0.05) is 0 Å². The summed E-state index contributed by atoms with van der Waals surface area (Å²) < 4.78 is 29.5. The Hall–Kier alpha value is -1.28. The van der Waals surface area contributed by atoms with Crippen LogP contribution in [0.1, 0.15) is 0 Å². The fraction of sp³-hybridized carbons (Fsp3) is 0. The van der Waals surface area contributed by atoms with Gasteiger partial charge in [-0.05, 0) is 65.1 Å². The molecule has 0 bridgehead atoms. The number of benzene rings is 2. The molecule has 0 saturated heterocycles. The van der Waals surface area contributed by atoms with Crippen LogP contribution in [0.5, 0.6) is 0 Å². The number of fused-ring (bicyclic) bond motifs is 1. The van der Waals surface area contributed by atoms with Crippen molar-refractivity contribution in [2.75, 3.05) is 0 Å². The number of halogens is 3. The smallest absolute Gasteiger partial charge is 0.182 e. The molecule has 1 heterocycles. The van der Waals surface area contributed by atoms with E-state index in [1.165, 1.54) is 6.07 Å². The van der Waals surface area contributed by atoms with Crippen molar-refractivity contribution in [3.8, 4) is 5.69 Å². The lowest BCUT2D eigenvalue weighted by molar-refractivity contribution is 0.508. The third-order valence-electron chi connectivity index (χ3n) is 2.81. The summed E-state index contributed by atoms with van der Waals surface area (Å²) in [4.78, 5) is 3.06. The molecule has 0 amide bonds. The first-order valence-corrected chi connectivity index (χ1v) is 6.90. The van der Waals surface area contributed by atoms with Crippen molar-refractivity contribution in [3.63, 3.8) is 0 Å². The molecule has 0 unspecified atom stereocenters. The second kappa shape index (κ2) is 4.68. The van der Waals surface area contributed by atoms with Crippen LogP contribution in [0.15, 0.2) is 36.4 Å². The highest BCUT2D eigenvalue weighted by atomic mass is 127. The number of aromatic amines is 1. The second-order valence-corrected chi connectivity index (χ2v) is 5.66. The molecule has 3 rings (SSSR count). The van der Waals surface area contributed by atoms with Crippen LogP contribution in [0, 0.1) is 20.0 Å². The van der Waals surface area contributed by atoms with E-state index in [4.69, 9.17) is 12.2 Å². The zero-order valence-corrected chi connectivity index (χ0v) is 12.4. The van der Waals surface area contributed by atoms with E-state index in [1.807, 2.05) is 18.2 Å². The number of hydrogen-bond donors (Lipinski definition) is 1. The van der Waals surface area contributed by atoms with Crippen molar-refractivity contribution in [1.29, 1.82) is 0 Å². The first kappa shape index (κ1) is 12.7. The van der Waals surface area contributed by atoms with Crippen LogP contribution in [0.4, 0.5) is 8.78 Å². The van der Waals surface area contributed by atoms with Gasteiger partial charge in [0.2, 0.25) is 0 Å². The molecule has 1 N–H and O–H groups in total. The molecule has 2 aromatic carbocycles. The van der Waals surface area contributed by atoms with Crippen LogP contribution in [0.3, 0.4) is 0 Å². The molecule has 0 aliphatic heterocycles. The SMILES string of the molecule is Fc1ccc(-n2c(=S)[nH]c3cc(I)ccc32)cc1F. The normalized spacial score (nSPS) is 11.1. The number of nitrogens with zero attached hydrogens (tertiary/aromatic N) is 1. The van der Waals surface area contributed by atoms with Crippen molar-refractivity contribution >= 4 is 45.8 Å². The minimum absolute atomic E-state index is 0.447. The van der Waals surface area contributed by atoms with E-state index in [1.54, 1.807) is 4.57 Å². The van der Waals surface area contributed by atoms with Gasteiger partial charge in [0.1, 0.15) is 0 Å². The molecule has 0 aliphatic carbocycles. The Morgan fingerprint density at radius 2 is 1.84 bits per heavy atom. The molecule has 96 valence electrons. The van der Waals surface area contributed by atoms with Gasteiger partial charge in [0.25, 0.3) is 0 Å². The van der Waals surface area contributed by atoms with Crippen LogP contribution >= 0.6 is 34.8 Å². The average Bonchev–Trinajstić information content (AvgIpc) is 2.68. The summed E-state index contributed by atoms with van der Waals surface area (Å²) in [5.41, 5.74) is 2.19. The van der Waals surface area contributed by atoms with Gasteiger partial charge in [-0.15, -0.1) is 0 Å². The first-order chi connectivity index (χ1) is 9.06. The highest BCUT2D eigenvalue weighted by molar-refractivity contribution is 14.1. The highest BCUT2D eigenvalue weighted by Crippen LogP contribution is 2.22. The van der Waals surface area contributed by atoms with E-state index in [2.05, 4.69) is 27.6 Å². The number of nitrogens with one attached hydrogen (secondary N) is 1. The first-order valence-electron chi connectivity index (χ1n) is 5.42. The number of imidazole rings is 1.